The summed E-state index contributed by atoms with van der Waals surface area (Å²) in [6.07, 6.45) is 3.48. The first kappa shape index (κ1) is 21.8. The lowest BCUT2D eigenvalue weighted by molar-refractivity contribution is -0.120. The Morgan fingerprint density at radius 2 is 2.13 bits per heavy atom. The number of anilines is 1. The van der Waals surface area contributed by atoms with Crippen LogP contribution >= 0.6 is 22.9 Å². The zero-order chi connectivity index (χ0) is 22.3. The molecule has 3 aromatic rings. The molecule has 1 aliphatic rings. The number of amides is 1. The van der Waals surface area contributed by atoms with Gasteiger partial charge in [0.15, 0.2) is 0 Å². The molecule has 1 aliphatic heterocycles. The Balaban J connectivity index is 1.58. The molecule has 0 radical (unpaired) electrons. The number of nitrogens with zero attached hydrogens (tertiary/aromatic N) is 4. The summed E-state index contributed by atoms with van der Waals surface area (Å²) in [6, 6.07) is 3.90. The average molecular weight is 485 g/mol. The van der Waals surface area contributed by atoms with Crippen LogP contribution in [0, 0.1) is 5.82 Å². The molecule has 2 unspecified atom stereocenters. The van der Waals surface area contributed by atoms with Crippen LogP contribution in [0.1, 0.15) is 17.5 Å². The lowest BCUT2D eigenvalue weighted by Gasteiger charge is -2.35. The summed E-state index contributed by atoms with van der Waals surface area (Å²) >= 11 is 7.09. The fraction of sp³-hybridized carbons (Fsp3) is 0.278. The topological polar surface area (TPSA) is 109 Å². The van der Waals surface area contributed by atoms with E-state index in [1.54, 1.807) is 24.1 Å². The molecule has 2 atom stereocenters. The summed E-state index contributed by atoms with van der Waals surface area (Å²) < 4.78 is 43.9. The zero-order valence-electron chi connectivity index (χ0n) is 16.4. The van der Waals surface area contributed by atoms with Crippen LogP contribution in [0.2, 0.25) is 5.02 Å². The van der Waals surface area contributed by atoms with E-state index in [1.165, 1.54) is 30.5 Å². The van der Waals surface area contributed by atoms with Gasteiger partial charge in [-0.15, -0.1) is 11.3 Å². The fourth-order valence-corrected chi connectivity index (χ4v) is 5.80. The summed E-state index contributed by atoms with van der Waals surface area (Å²) in [7, 11) is -0.804. The molecule has 0 spiro atoms. The van der Waals surface area contributed by atoms with E-state index in [0.29, 0.717) is 5.01 Å². The summed E-state index contributed by atoms with van der Waals surface area (Å²) in [5, 5.41) is 7.12. The second-order valence-corrected chi connectivity index (χ2v) is 10.2. The monoisotopic (exact) mass is 484 g/mol. The van der Waals surface area contributed by atoms with Gasteiger partial charge in [0.1, 0.15) is 16.9 Å². The van der Waals surface area contributed by atoms with Crippen LogP contribution in [-0.2, 0) is 22.1 Å². The number of rotatable bonds is 4. The number of aromatic nitrogens is 3. The summed E-state index contributed by atoms with van der Waals surface area (Å²) in [5.41, 5.74) is 1.12. The number of aryl methyl sites for hydroxylation is 1. The highest BCUT2D eigenvalue weighted by atomic mass is 35.5. The maximum Gasteiger partial charge on any atom is 0.280 e. The number of carbonyl (C=O) groups excluding carboxylic acids is 1. The van der Waals surface area contributed by atoms with E-state index in [-0.39, 0.29) is 17.1 Å². The number of thiazole rings is 1. The van der Waals surface area contributed by atoms with Crippen LogP contribution in [0.4, 0.5) is 10.1 Å². The van der Waals surface area contributed by atoms with E-state index in [4.69, 9.17) is 11.6 Å². The molecule has 2 aromatic heterocycles. The molecule has 1 saturated heterocycles. The molecule has 164 valence electrons. The van der Waals surface area contributed by atoms with Crippen LogP contribution < -0.4 is 10.0 Å². The van der Waals surface area contributed by atoms with Crippen LogP contribution in [0.15, 0.2) is 36.7 Å². The van der Waals surface area contributed by atoms with Crippen molar-refractivity contribution in [1.29, 1.82) is 0 Å². The average Bonchev–Trinajstić information content (AvgIpc) is 3.35. The van der Waals surface area contributed by atoms with Gasteiger partial charge in [-0.05, 0) is 30.7 Å². The zero-order valence-corrected chi connectivity index (χ0v) is 18.8. The molecule has 3 heterocycles. The standard InChI is InChI=1S/C18H18ClFN6O3S2/c1-25-14(5-6-22-25)16-9-21-18(30-16)13-8-15(26(2)31(28,29)24-13)17(27)23-10-3-4-12(20)11(19)7-10/h3-7,9,13,15,24H,8H2,1-2H3,(H,23,27). The molecule has 9 nitrogen and oxygen atoms in total. The Morgan fingerprint density at radius 1 is 1.35 bits per heavy atom. The van der Waals surface area contributed by atoms with Crippen LogP contribution in [0.5, 0.6) is 0 Å². The second kappa shape index (κ2) is 8.28. The minimum absolute atomic E-state index is 0.146. The van der Waals surface area contributed by atoms with Crippen molar-refractivity contribution in [3.05, 3.63) is 52.5 Å². The quantitative estimate of drug-likeness (QED) is 0.591. The van der Waals surface area contributed by atoms with Crippen molar-refractivity contribution in [1.82, 2.24) is 23.8 Å². The Bertz CT molecular complexity index is 1240. The number of nitrogens with one attached hydrogen (secondary N) is 2. The van der Waals surface area contributed by atoms with Gasteiger partial charge in [-0.1, -0.05) is 11.6 Å². The van der Waals surface area contributed by atoms with Gasteiger partial charge in [-0.25, -0.2) is 9.37 Å². The molecule has 1 fully saturated rings. The van der Waals surface area contributed by atoms with Crippen molar-refractivity contribution in [3.8, 4) is 10.6 Å². The number of benzene rings is 1. The van der Waals surface area contributed by atoms with Crippen LogP contribution in [-0.4, -0.2) is 46.5 Å². The Kier molecular flexibility index (Phi) is 5.83. The van der Waals surface area contributed by atoms with E-state index in [0.717, 1.165) is 20.9 Å². The van der Waals surface area contributed by atoms with Crippen LogP contribution in [0.3, 0.4) is 0 Å². The van der Waals surface area contributed by atoms with E-state index < -0.39 is 34.0 Å². The lowest BCUT2D eigenvalue weighted by Crippen LogP contribution is -2.55. The van der Waals surface area contributed by atoms with E-state index in [2.05, 4.69) is 20.1 Å². The minimum atomic E-state index is -3.93. The largest absolute Gasteiger partial charge is 0.325 e. The highest BCUT2D eigenvalue weighted by Gasteiger charge is 2.41. The molecule has 1 aromatic carbocycles. The van der Waals surface area contributed by atoms with Crippen LogP contribution in [0.25, 0.3) is 10.6 Å². The predicted octanol–water partition coefficient (Wildman–Crippen LogP) is 2.55. The molecule has 0 saturated carbocycles. The van der Waals surface area contributed by atoms with Gasteiger partial charge in [-0.3, -0.25) is 9.48 Å². The smallest absolute Gasteiger partial charge is 0.280 e. The molecular formula is C18H18ClFN6O3S2. The van der Waals surface area contributed by atoms with Crippen molar-refractivity contribution in [2.75, 3.05) is 12.4 Å². The number of hydrogen-bond donors (Lipinski definition) is 2. The predicted molar refractivity (Wildman–Crippen MR) is 115 cm³/mol. The molecule has 31 heavy (non-hydrogen) atoms. The molecule has 2 N–H and O–H groups in total. The first-order chi connectivity index (χ1) is 14.7. The van der Waals surface area contributed by atoms with Crippen molar-refractivity contribution in [3.63, 3.8) is 0 Å². The van der Waals surface area contributed by atoms with E-state index >= 15 is 0 Å². The summed E-state index contributed by atoms with van der Waals surface area (Å²) in [4.78, 5) is 18.1. The normalized spacial score (nSPS) is 21.2. The Labute approximate surface area is 187 Å². The summed E-state index contributed by atoms with van der Waals surface area (Å²) in [6.45, 7) is 0. The number of hydrogen-bond acceptors (Lipinski definition) is 6. The molecule has 4 rings (SSSR count). The molecule has 0 bridgehead atoms. The Morgan fingerprint density at radius 3 is 2.81 bits per heavy atom. The number of likely N-dealkylation sites (N-methyl/N-ethyl adjacent to an activating group) is 1. The third kappa shape index (κ3) is 4.34. The molecule has 1 amide bonds. The third-order valence-corrected chi connectivity index (χ3v) is 7.97. The SMILES string of the molecule is CN1C(C(=O)Nc2ccc(F)c(Cl)c2)CC(c2ncc(-c3ccnn3C)s2)NS1(=O)=O. The van der Waals surface area contributed by atoms with Crippen molar-refractivity contribution in [2.24, 2.45) is 7.05 Å². The molecule has 13 heteroatoms. The molecular weight excluding hydrogens is 467 g/mol. The van der Waals surface area contributed by atoms with Gasteiger partial charge in [-0.2, -0.15) is 22.5 Å². The van der Waals surface area contributed by atoms with E-state index in [1.807, 2.05) is 6.07 Å². The molecule has 0 aliphatic carbocycles. The van der Waals surface area contributed by atoms with Gasteiger partial charge in [0.25, 0.3) is 10.2 Å². The first-order valence-electron chi connectivity index (χ1n) is 9.11. The first-order valence-corrected chi connectivity index (χ1v) is 11.7. The van der Waals surface area contributed by atoms with Crippen molar-refractivity contribution in [2.45, 2.75) is 18.5 Å². The van der Waals surface area contributed by atoms with Gasteiger partial charge < -0.3 is 5.32 Å². The van der Waals surface area contributed by atoms with Crippen molar-refractivity contribution < 1.29 is 17.6 Å². The van der Waals surface area contributed by atoms with Crippen molar-refractivity contribution >= 4 is 44.7 Å². The Hall–Kier alpha value is -2.38. The highest BCUT2D eigenvalue weighted by Crippen LogP contribution is 2.34. The summed E-state index contributed by atoms with van der Waals surface area (Å²) in [5.74, 6) is -1.17. The van der Waals surface area contributed by atoms with Gasteiger partial charge in [0.2, 0.25) is 5.91 Å². The van der Waals surface area contributed by atoms with E-state index in [9.17, 15) is 17.6 Å². The minimum Gasteiger partial charge on any atom is -0.325 e. The number of carbonyl (C=O) groups is 1. The van der Waals surface area contributed by atoms with Gasteiger partial charge >= 0.3 is 0 Å². The van der Waals surface area contributed by atoms with Gasteiger partial charge in [0.05, 0.1) is 21.6 Å². The van der Waals surface area contributed by atoms with Gasteiger partial charge in [0, 0.05) is 32.2 Å². The highest BCUT2D eigenvalue weighted by molar-refractivity contribution is 7.87. The lowest BCUT2D eigenvalue weighted by atomic mass is 10.1. The second-order valence-electron chi connectivity index (χ2n) is 6.96. The maximum absolute atomic E-state index is 13.4. The third-order valence-electron chi connectivity index (χ3n) is 4.95. The maximum atomic E-state index is 13.4. The fourth-order valence-electron chi connectivity index (χ4n) is 3.26. The number of halogens is 2.